The highest BCUT2D eigenvalue weighted by molar-refractivity contribution is 14.1. The number of hydrogen-bond acceptors (Lipinski definition) is 3. The van der Waals surface area contributed by atoms with E-state index in [0.29, 0.717) is 23.5 Å². The number of rotatable bonds is 6. The Morgan fingerprint density at radius 1 is 1.17 bits per heavy atom. The van der Waals surface area contributed by atoms with Crippen molar-refractivity contribution in [3.8, 4) is 5.75 Å². The standard InChI is InChI=1S/C18H19IN2O3/c1-3-21(18(23)13-6-4-7-14(19)10-13)12-17(22)20-15-8-5-9-16(11-15)24-2/h4-11H,3,12H2,1-2H3,(H,20,22). The fourth-order valence-electron chi connectivity index (χ4n) is 2.21. The molecule has 6 heteroatoms. The van der Waals surface area contributed by atoms with E-state index in [1.165, 1.54) is 4.90 Å². The van der Waals surface area contributed by atoms with Crippen LogP contribution in [0.1, 0.15) is 17.3 Å². The molecule has 0 aromatic heterocycles. The molecule has 0 bridgehead atoms. The van der Waals surface area contributed by atoms with Crippen molar-refractivity contribution < 1.29 is 14.3 Å². The Hall–Kier alpha value is -2.09. The molecule has 0 unspecified atom stereocenters. The van der Waals surface area contributed by atoms with Gasteiger partial charge in [-0.3, -0.25) is 9.59 Å². The van der Waals surface area contributed by atoms with E-state index < -0.39 is 0 Å². The number of hydrogen-bond donors (Lipinski definition) is 1. The molecule has 0 atom stereocenters. The zero-order valence-electron chi connectivity index (χ0n) is 13.6. The lowest BCUT2D eigenvalue weighted by Gasteiger charge is -2.20. The van der Waals surface area contributed by atoms with Crippen LogP contribution in [0, 0.1) is 3.57 Å². The molecule has 2 aromatic carbocycles. The van der Waals surface area contributed by atoms with Crippen molar-refractivity contribution in [1.29, 1.82) is 0 Å². The van der Waals surface area contributed by atoms with Crippen LogP contribution in [0.4, 0.5) is 5.69 Å². The second-order valence-corrected chi connectivity index (χ2v) is 6.36. The first kappa shape index (κ1) is 18.3. The average Bonchev–Trinajstić information content (AvgIpc) is 2.59. The zero-order valence-corrected chi connectivity index (χ0v) is 15.7. The highest BCUT2D eigenvalue weighted by Gasteiger charge is 2.17. The lowest BCUT2D eigenvalue weighted by atomic mass is 10.2. The van der Waals surface area contributed by atoms with Gasteiger partial charge in [-0.25, -0.2) is 0 Å². The van der Waals surface area contributed by atoms with Gasteiger partial charge in [-0.05, 0) is 59.8 Å². The third-order valence-electron chi connectivity index (χ3n) is 3.43. The molecule has 2 aromatic rings. The van der Waals surface area contributed by atoms with Gasteiger partial charge in [0, 0.05) is 27.4 Å². The van der Waals surface area contributed by atoms with Gasteiger partial charge in [0.15, 0.2) is 0 Å². The zero-order chi connectivity index (χ0) is 17.5. The van der Waals surface area contributed by atoms with Crippen molar-refractivity contribution in [2.75, 3.05) is 25.5 Å². The molecule has 24 heavy (non-hydrogen) atoms. The van der Waals surface area contributed by atoms with Gasteiger partial charge in [-0.1, -0.05) is 12.1 Å². The van der Waals surface area contributed by atoms with Crippen LogP contribution in [0.15, 0.2) is 48.5 Å². The summed E-state index contributed by atoms with van der Waals surface area (Å²) in [5.41, 5.74) is 1.22. The van der Waals surface area contributed by atoms with Crippen LogP contribution >= 0.6 is 22.6 Å². The van der Waals surface area contributed by atoms with E-state index in [9.17, 15) is 9.59 Å². The molecule has 0 spiro atoms. The van der Waals surface area contributed by atoms with Crippen LogP contribution in [0.3, 0.4) is 0 Å². The Morgan fingerprint density at radius 3 is 2.58 bits per heavy atom. The molecular weight excluding hydrogens is 419 g/mol. The van der Waals surface area contributed by atoms with Crippen molar-refractivity contribution in [2.45, 2.75) is 6.92 Å². The summed E-state index contributed by atoms with van der Waals surface area (Å²) >= 11 is 2.16. The summed E-state index contributed by atoms with van der Waals surface area (Å²) in [4.78, 5) is 26.3. The molecule has 0 saturated heterocycles. The Balaban J connectivity index is 2.03. The summed E-state index contributed by atoms with van der Waals surface area (Å²) in [5, 5.41) is 2.78. The van der Waals surface area contributed by atoms with E-state index >= 15 is 0 Å². The van der Waals surface area contributed by atoms with Crippen LogP contribution in [0.2, 0.25) is 0 Å². The van der Waals surface area contributed by atoms with Crippen LogP contribution in [0.25, 0.3) is 0 Å². The first-order valence-corrected chi connectivity index (χ1v) is 8.60. The third-order valence-corrected chi connectivity index (χ3v) is 4.10. The lowest BCUT2D eigenvalue weighted by Crippen LogP contribution is -2.37. The molecule has 2 rings (SSSR count). The Bertz CT molecular complexity index is 734. The Labute approximate surface area is 155 Å². The molecule has 0 aliphatic carbocycles. The molecule has 0 saturated carbocycles. The summed E-state index contributed by atoms with van der Waals surface area (Å²) in [7, 11) is 1.57. The first-order chi connectivity index (χ1) is 11.5. The number of carbonyl (C=O) groups excluding carboxylic acids is 2. The molecule has 0 heterocycles. The van der Waals surface area contributed by atoms with E-state index in [1.54, 1.807) is 37.4 Å². The monoisotopic (exact) mass is 438 g/mol. The molecular formula is C18H19IN2O3. The predicted molar refractivity (Wildman–Crippen MR) is 102 cm³/mol. The molecule has 0 radical (unpaired) electrons. The van der Waals surface area contributed by atoms with Crippen LogP contribution in [-0.4, -0.2) is 36.9 Å². The quantitative estimate of drug-likeness (QED) is 0.704. The first-order valence-electron chi connectivity index (χ1n) is 7.52. The van der Waals surface area contributed by atoms with Crippen molar-refractivity contribution in [2.24, 2.45) is 0 Å². The Kier molecular flexibility index (Phi) is 6.60. The summed E-state index contributed by atoms with van der Waals surface area (Å²) in [6.45, 7) is 2.30. The normalized spacial score (nSPS) is 10.1. The van der Waals surface area contributed by atoms with E-state index in [0.717, 1.165) is 3.57 Å². The van der Waals surface area contributed by atoms with Gasteiger partial charge in [0.2, 0.25) is 5.91 Å². The summed E-state index contributed by atoms with van der Waals surface area (Å²) < 4.78 is 6.11. The van der Waals surface area contributed by atoms with E-state index in [4.69, 9.17) is 4.74 Å². The minimum Gasteiger partial charge on any atom is -0.497 e. The van der Waals surface area contributed by atoms with E-state index in [2.05, 4.69) is 27.9 Å². The molecule has 5 nitrogen and oxygen atoms in total. The molecule has 126 valence electrons. The maximum Gasteiger partial charge on any atom is 0.254 e. The number of halogens is 1. The van der Waals surface area contributed by atoms with Crippen LogP contribution < -0.4 is 10.1 Å². The van der Waals surface area contributed by atoms with Crippen LogP contribution in [-0.2, 0) is 4.79 Å². The number of likely N-dealkylation sites (N-methyl/N-ethyl adjacent to an activating group) is 1. The fraction of sp³-hybridized carbons (Fsp3) is 0.222. The minimum atomic E-state index is -0.246. The van der Waals surface area contributed by atoms with Gasteiger partial charge in [-0.15, -0.1) is 0 Å². The summed E-state index contributed by atoms with van der Waals surface area (Å²) in [6, 6.07) is 14.4. The number of benzene rings is 2. The van der Waals surface area contributed by atoms with Gasteiger partial charge >= 0.3 is 0 Å². The molecule has 0 aliphatic rings. The van der Waals surface area contributed by atoms with E-state index in [-0.39, 0.29) is 18.4 Å². The maximum absolute atomic E-state index is 12.5. The SMILES string of the molecule is CCN(CC(=O)Nc1cccc(OC)c1)C(=O)c1cccc(I)c1. The summed E-state index contributed by atoms with van der Waals surface area (Å²) in [6.07, 6.45) is 0. The summed E-state index contributed by atoms with van der Waals surface area (Å²) in [5.74, 6) is 0.260. The van der Waals surface area contributed by atoms with Crippen molar-refractivity contribution in [3.63, 3.8) is 0 Å². The number of anilines is 1. The number of methoxy groups -OCH3 is 1. The average molecular weight is 438 g/mol. The molecule has 0 fully saturated rings. The van der Waals surface area contributed by atoms with Gasteiger partial charge in [0.25, 0.3) is 5.91 Å². The number of carbonyl (C=O) groups is 2. The van der Waals surface area contributed by atoms with Gasteiger partial charge in [0.05, 0.1) is 7.11 Å². The topological polar surface area (TPSA) is 58.6 Å². The number of nitrogens with zero attached hydrogens (tertiary/aromatic N) is 1. The molecule has 2 amide bonds. The van der Waals surface area contributed by atoms with Crippen molar-refractivity contribution >= 4 is 40.1 Å². The van der Waals surface area contributed by atoms with Gasteiger partial charge < -0.3 is 15.0 Å². The fourth-order valence-corrected chi connectivity index (χ4v) is 2.75. The van der Waals surface area contributed by atoms with E-state index in [1.807, 2.05) is 25.1 Å². The molecule has 1 N–H and O–H groups in total. The Morgan fingerprint density at radius 2 is 1.92 bits per heavy atom. The third kappa shape index (κ3) is 4.95. The number of ether oxygens (including phenoxy) is 1. The van der Waals surface area contributed by atoms with Crippen LogP contribution in [0.5, 0.6) is 5.75 Å². The minimum absolute atomic E-state index is 0.00197. The molecule has 0 aliphatic heterocycles. The van der Waals surface area contributed by atoms with Gasteiger partial charge in [-0.2, -0.15) is 0 Å². The number of amides is 2. The maximum atomic E-state index is 12.5. The lowest BCUT2D eigenvalue weighted by molar-refractivity contribution is -0.116. The second kappa shape index (κ2) is 8.68. The predicted octanol–water partition coefficient (Wildman–Crippen LogP) is 3.40. The largest absolute Gasteiger partial charge is 0.497 e. The smallest absolute Gasteiger partial charge is 0.254 e. The second-order valence-electron chi connectivity index (χ2n) is 5.11. The highest BCUT2D eigenvalue weighted by Crippen LogP contribution is 2.17. The van der Waals surface area contributed by atoms with Crippen molar-refractivity contribution in [3.05, 3.63) is 57.7 Å². The number of nitrogens with one attached hydrogen (secondary N) is 1. The van der Waals surface area contributed by atoms with Crippen molar-refractivity contribution in [1.82, 2.24) is 4.90 Å². The highest BCUT2D eigenvalue weighted by atomic mass is 127. The van der Waals surface area contributed by atoms with Gasteiger partial charge in [0.1, 0.15) is 12.3 Å².